The summed E-state index contributed by atoms with van der Waals surface area (Å²) in [6.45, 7) is 0. The quantitative estimate of drug-likeness (QED) is 0.775. The fraction of sp³-hybridized carbons (Fsp3) is 0.400. The molecule has 0 saturated heterocycles. The fourth-order valence-corrected chi connectivity index (χ4v) is 1.98. The van der Waals surface area contributed by atoms with Crippen molar-refractivity contribution in [2.24, 2.45) is 0 Å². The predicted molar refractivity (Wildman–Crippen MR) is 52.7 cm³/mol. The van der Waals surface area contributed by atoms with Crippen molar-refractivity contribution in [3.8, 4) is 5.75 Å². The fourth-order valence-electron chi connectivity index (χ4n) is 1.45. The highest BCUT2D eigenvalue weighted by molar-refractivity contribution is 9.10. The van der Waals surface area contributed by atoms with Gasteiger partial charge in [0.15, 0.2) is 0 Å². The summed E-state index contributed by atoms with van der Waals surface area (Å²) in [5.74, 6) is 0.627. The molecule has 1 aliphatic rings. The number of benzene rings is 1. The molecular weight excluding hydrogens is 235 g/mol. The summed E-state index contributed by atoms with van der Waals surface area (Å²) in [6.07, 6.45) is 1.22. The molecule has 0 unspecified atom stereocenters. The number of hydrogen-bond acceptors (Lipinski definition) is 1. The van der Waals surface area contributed by atoms with Crippen LogP contribution in [-0.2, 0) is 5.67 Å². The number of methoxy groups -OCH3 is 1. The van der Waals surface area contributed by atoms with Gasteiger partial charge in [-0.15, -0.1) is 0 Å². The highest BCUT2D eigenvalue weighted by atomic mass is 79.9. The summed E-state index contributed by atoms with van der Waals surface area (Å²) in [7, 11) is 1.56. The van der Waals surface area contributed by atoms with Crippen LogP contribution in [0.5, 0.6) is 5.75 Å². The molecule has 1 aromatic rings. The van der Waals surface area contributed by atoms with Crippen molar-refractivity contribution >= 4 is 15.9 Å². The van der Waals surface area contributed by atoms with Crippen LogP contribution < -0.4 is 4.74 Å². The molecule has 1 saturated carbocycles. The molecular formula is C10H10BrFO. The molecule has 1 aliphatic carbocycles. The highest BCUT2D eigenvalue weighted by Gasteiger charge is 2.47. The number of hydrogen-bond donors (Lipinski definition) is 0. The van der Waals surface area contributed by atoms with Crippen LogP contribution >= 0.6 is 15.9 Å². The van der Waals surface area contributed by atoms with E-state index in [4.69, 9.17) is 4.74 Å². The number of ether oxygens (including phenoxy) is 1. The predicted octanol–water partition coefficient (Wildman–Crippen LogP) is 3.42. The Bertz CT molecular complexity index is 334. The van der Waals surface area contributed by atoms with Crippen molar-refractivity contribution in [2.45, 2.75) is 18.5 Å². The maximum atomic E-state index is 13.8. The lowest BCUT2D eigenvalue weighted by Gasteiger charge is -2.12. The minimum absolute atomic E-state index is 0.611. The monoisotopic (exact) mass is 244 g/mol. The van der Waals surface area contributed by atoms with E-state index in [-0.39, 0.29) is 0 Å². The van der Waals surface area contributed by atoms with Crippen molar-refractivity contribution < 1.29 is 9.13 Å². The van der Waals surface area contributed by atoms with Gasteiger partial charge >= 0.3 is 0 Å². The molecule has 2 rings (SSSR count). The number of rotatable bonds is 2. The van der Waals surface area contributed by atoms with E-state index in [1.807, 2.05) is 12.1 Å². The Labute approximate surface area is 85.0 Å². The van der Waals surface area contributed by atoms with Gasteiger partial charge < -0.3 is 4.74 Å². The third-order valence-electron chi connectivity index (χ3n) is 2.34. The lowest BCUT2D eigenvalue weighted by atomic mass is 10.1. The van der Waals surface area contributed by atoms with Crippen LogP contribution in [0.15, 0.2) is 22.7 Å². The molecule has 1 fully saturated rings. The van der Waals surface area contributed by atoms with Gasteiger partial charge in [0.05, 0.1) is 11.6 Å². The van der Waals surface area contributed by atoms with E-state index in [1.54, 1.807) is 13.2 Å². The normalized spacial score (nSPS) is 18.4. The molecule has 0 spiro atoms. The molecule has 13 heavy (non-hydrogen) atoms. The molecule has 1 nitrogen and oxygen atoms in total. The molecule has 0 aliphatic heterocycles. The topological polar surface area (TPSA) is 9.23 Å². The maximum absolute atomic E-state index is 13.8. The molecule has 0 radical (unpaired) electrons. The summed E-state index contributed by atoms with van der Waals surface area (Å²) in [4.78, 5) is 0. The Morgan fingerprint density at radius 2 is 2.15 bits per heavy atom. The van der Waals surface area contributed by atoms with Gasteiger partial charge in [-0.3, -0.25) is 0 Å². The molecule has 3 heteroatoms. The van der Waals surface area contributed by atoms with Gasteiger partial charge in [0.25, 0.3) is 0 Å². The molecule has 0 aromatic heterocycles. The van der Waals surface area contributed by atoms with Gasteiger partial charge in [0, 0.05) is 5.56 Å². The first-order valence-electron chi connectivity index (χ1n) is 4.19. The summed E-state index contributed by atoms with van der Waals surface area (Å²) in [5, 5.41) is 0. The Balaban J connectivity index is 2.50. The zero-order valence-electron chi connectivity index (χ0n) is 7.31. The molecule has 0 atom stereocenters. The van der Waals surface area contributed by atoms with E-state index >= 15 is 0 Å². The third kappa shape index (κ3) is 1.46. The largest absolute Gasteiger partial charge is 0.495 e. The number of para-hydroxylation sites is 1. The minimum Gasteiger partial charge on any atom is -0.495 e. The van der Waals surface area contributed by atoms with Gasteiger partial charge in [0.1, 0.15) is 11.4 Å². The Kier molecular flexibility index (Phi) is 2.06. The van der Waals surface area contributed by atoms with Gasteiger partial charge in [0.2, 0.25) is 0 Å². The van der Waals surface area contributed by atoms with E-state index in [1.165, 1.54) is 0 Å². The maximum Gasteiger partial charge on any atom is 0.139 e. The number of alkyl halides is 1. The molecule has 1 aromatic carbocycles. The van der Waals surface area contributed by atoms with Crippen molar-refractivity contribution in [3.63, 3.8) is 0 Å². The average molecular weight is 245 g/mol. The van der Waals surface area contributed by atoms with Crippen LogP contribution in [0.2, 0.25) is 0 Å². The second-order valence-corrected chi connectivity index (χ2v) is 4.14. The van der Waals surface area contributed by atoms with Crippen molar-refractivity contribution in [1.29, 1.82) is 0 Å². The van der Waals surface area contributed by atoms with Crippen LogP contribution in [0.3, 0.4) is 0 Å². The Hall–Kier alpha value is -0.570. The first-order chi connectivity index (χ1) is 6.17. The minimum atomic E-state index is -1.13. The first-order valence-corrected chi connectivity index (χ1v) is 4.98. The lowest BCUT2D eigenvalue weighted by molar-refractivity contribution is 0.300. The summed E-state index contributed by atoms with van der Waals surface area (Å²) in [6, 6.07) is 5.48. The highest BCUT2D eigenvalue weighted by Crippen LogP contribution is 2.53. The zero-order valence-corrected chi connectivity index (χ0v) is 8.90. The average Bonchev–Trinajstić information content (AvgIpc) is 2.85. The van der Waals surface area contributed by atoms with Crippen molar-refractivity contribution in [2.75, 3.05) is 7.11 Å². The van der Waals surface area contributed by atoms with Crippen LogP contribution in [0, 0.1) is 0 Å². The second-order valence-electron chi connectivity index (χ2n) is 3.29. The SMILES string of the molecule is COc1c(Br)cccc1C1(F)CC1. The second kappa shape index (κ2) is 2.98. The third-order valence-corrected chi connectivity index (χ3v) is 2.97. The summed E-state index contributed by atoms with van der Waals surface area (Å²) >= 11 is 3.34. The summed E-state index contributed by atoms with van der Waals surface area (Å²) in [5.41, 5.74) is -0.459. The molecule has 0 heterocycles. The van der Waals surface area contributed by atoms with Crippen molar-refractivity contribution in [1.82, 2.24) is 0 Å². The van der Waals surface area contributed by atoms with E-state index < -0.39 is 5.67 Å². The van der Waals surface area contributed by atoms with Gasteiger partial charge in [-0.1, -0.05) is 12.1 Å². The van der Waals surface area contributed by atoms with Gasteiger partial charge in [-0.05, 0) is 34.8 Å². The molecule has 0 amide bonds. The molecule has 0 bridgehead atoms. The summed E-state index contributed by atoms with van der Waals surface area (Å²) < 4.78 is 19.7. The Morgan fingerprint density at radius 3 is 2.69 bits per heavy atom. The van der Waals surface area contributed by atoms with E-state index in [9.17, 15) is 4.39 Å². The number of halogens is 2. The van der Waals surface area contributed by atoms with E-state index in [0.717, 1.165) is 4.47 Å². The van der Waals surface area contributed by atoms with Gasteiger partial charge in [-0.2, -0.15) is 0 Å². The molecule has 0 N–H and O–H groups in total. The lowest BCUT2D eigenvalue weighted by Crippen LogP contribution is -2.01. The van der Waals surface area contributed by atoms with Crippen LogP contribution in [0.25, 0.3) is 0 Å². The van der Waals surface area contributed by atoms with Crippen LogP contribution in [0.4, 0.5) is 4.39 Å². The molecule has 70 valence electrons. The zero-order chi connectivity index (χ0) is 9.47. The smallest absolute Gasteiger partial charge is 0.139 e. The van der Waals surface area contributed by atoms with E-state index in [2.05, 4.69) is 15.9 Å². The Morgan fingerprint density at radius 1 is 1.46 bits per heavy atom. The van der Waals surface area contributed by atoms with Crippen LogP contribution in [0.1, 0.15) is 18.4 Å². The van der Waals surface area contributed by atoms with Gasteiger partial charge in [-0.25, -0.2) is 4.39 Å². The van der Waals surface area contributed by atoms with E-state index in [0.29, 0.717) is 24.2 Å². The van der Waals surface area contributed by atoms with Crippen LogP contribution in [-0.4, -0.2) is 7.11 Å². The first kappa shape index (κ1) is 9.00. The standard InChI is InChI=1S/C10H10BrFO/c1-13-9-7(10(12)5-6-10)3-2-4-8(9)11/h2-4H,5-6H2,1H3. The van der Waals surface area contributed by atoms with Crippen molar-refractivity contribution in [3.05, 3.63) is 28.2 Å².